The molecule has 0 heterocycles. The number of rotatable bonds is 10. The van der Waals surface area contributed by atoms with E-state index in [-0.39, 0.29) is 25.7 Å². The summed E-state index contributed by atoms with van der Waals surface area (Å²) in [6, 6.07) is 120. The number of fused-ring (bicyclic) bond motifs is 10. The number of benzene rings is 15. The van der Waals surface area contributed by atoms with Crippen LogP contribution in [0.1, 0.15) is 81.5 Å². The van der Waals surface area contributed by atoms with Crippen LogP contribution in [0.2, 0.25) is 10.0 Å². The molecule has 0 unspecified atom stereocenters. The van der Waals surface area contributed by atoms with Crippen molar-refractivity contribution in [2.24, 2.45) is 0 Å². The highest BCUT2D eigenvalue weighted by Crippen LogP contribution is 2.55. The normalized spacial score (nSPS) is 11.9. The summed E-state index contributed by atoms with van der Waals surface area (Å²) in [5.41, 5.74) is 32.7. The summed E-state index contributed by atoms with van der Waals surface area (Å²) in [6.07, 6.45) is 0. The first-order chi connectivity index (χ1) is 50.0. The summed E-state index contributed by atoms with van der Waals surface area (Å²) in [5, 5.41) is 13.9. The van der Waals surface area contributed by atoms with Crippen LogP contribution in [0, 0.1) is 20.8 Å². The van der Waals surface area contributed by atoms with E-state index in [1.165, 1.54) is 82.7 Å². The number of nitrogens with zero attached hydrogens (tertiary/aromatic N) is 2. The van der Waals surface area contributed by atoms with Gasteiger partial charge in [-0.05, 0) is 226 Å². The molecule has 0 saturated carbocycles. The Hall–Kier alpha value is -11.1. The van der Waals surface area contributed by atoms with Crippen LogP contribution in [-0.4, -0.2) is 0 Å². The van der Waals surface area contributed by atoms with Crippen LogP contribution in [-0.2, 0) is 10.8 Å². The number of nitrogen functional groups attached to an aromatic ring is 1. The van der Waals surface area contributed by atoms with Crippen molar-refractivity contribution < 1.29 is 0 Å². The molecule has 2 aliphatic carbocycles. The lowest BCUT2D eigenvalue weighted by atomic mass is 9.81. The van der Waals surface area contributed by atoms with Gasteiger partial charge in [0.25, 0.3) is 0 Å². The third-order valence-electron chi connectivity index (χ3n) is 19.1. The Morgan fingerprint density at radius 3 is 1.20 bits per heavy atom. The maximum absolute atomic E-state index is 6.27. The van der Waals surface area contributed by atoms with E-state index in [0.717, 1.165) is 77.1 Å². The van der Waals surface area contributed by atoms with Crippen molar-refractivity contribution in [3.05, 3.63) is 399 Å². The molecule has 15 aromatic carbocycles. The van der Waals surface area contributed by atoms with Gasteiger partial charge in [-0.3, -0.25) is 0 Å². The number of para-hydroxylation sites is 3. The molecule has 0 bridgehead atoms. The maximum Gasteiger partial charge on any atom is 0.0482 e. The third-order valence-corrected chi connectivity index (χ3v) is 20.1. The molecule has 0 aliphatic heterocycles. The number of halogens is 3. The van der Waals surface area contributed by atoms with Gasteiger partial charge in [0.2, 0.25) is 0 Å². The van der Waals surface area contributed by atoms with Crippen LogP contribution in [0.15, 0.2) is 350 Å². The molecule has 0 fully saturated rings. The van der Waals surface area contributed by atoms with Crippen LogP contribution in [0.3, 0.4) is 0 Å². The van der Waals surface area contributed by atoms with Crippen molar-refractivity contribution in [3.63, 3.8) is 0 Å². The first kappa shape index (κ1) is 75.1. The quantitative estimate of drug-likeness (QED) is 0.119. The van der Waals surface area contributed by atoms with E-state index in [1.54, 1.807) is 0 Å². The van der Waals surface area contributed by atoms with Crippen molar-refractivity contribution in [2.45, 2.75) is 74.1 Å². The standard InChI is InChI=1S/C38H32N2.C19H16ClN.C19H17N.C13H13N.C6H4BrCl.2CH4/c1-26-19-22-30(23-20-26)40(29-13-5-4-6-14-29)31-15-9-12-28(25-31)39-35-18-10-17-33-36-32-16-8-7-11-27(32)21-24-34(36)38(2,3)37(33)35;1-15-10-12-18(13-11-15)21(17-7-3-2-4-8-17)19-9-5-6-16(20)14-19;1-19(2)15-11-10-12-6-3-4-7-13(12)17(15)14-8-5-9-16(20)18(14)19;1-11-7-9-13(10-8-11)14-12-5-3-2-4-6-12;7-5-2-1-3-6(8)4-5;;/h4-25,39H,1-3H3;2-14H,1H3;3-11H,20H2,1-2H3;2-10,14H,1H3;1-4H;2*1H4. The fourth-order valence-electron chi connectivity index (χ4n) is 14.2. The zero-order chi connectivity index (χ0) is 71.6. The fourth-order valence-corrected chi connectivity index (χ4v) is 15.1. The van der Waals surface area contributed by atoms with Crippen LogP contribution in [0.25, 0.3) is 43.8 Å². The minimum absolute atomic E-state index is 0. The minimum atomic E-state index is -0.117. The summed E-state index contributed by atoms with van der Waals surface area (Å²) in [5.74, 6) is 0. The molecule has 4 N–H and O–H groups in total. The molecule has 0 amide bonds. The first-order valence-corrected chi connectivity index (χ1v) is 36.4. The predicted molar refractivity (Wildman–Crippen MR) is 461 cm³/mol. The molecular formula is C97H90BrCl2N5. The largest absolute Gasteiger partial charge is 0.398 e. The highest BCUT2D eigenvalue weighted by Gasteiger charge is 2.39. The zero-order valence-corrected chi connectivity index (χ0v) is 62.1. The van der Waals surface area contributed by atoms with Crippen LogP contribution >= 0.6 is 39.1 Å². The maximum atomic E-state index is 6.27. The number of hydrogen-bond donors (Lipinski definition) is 3. The molecule has 0 spiro atoms. The van der Waals surface area contributed by atoms with Crippen LogP contribution in [0.4, 0.5) is 62.6 Å². The summed E-state index contributed by atoms with van der Waals surface area (Å²) in [4.78, 5) is 4.51. The van der Waals surface area contributed by atoms with Gasteiger partial charge >= 0.3 is 0 Å². The Balaban J connectivity index is 0.000000144. The zero-order valence-electron chi connectivity index (χ0n) is 59.0. The summed E-state index contributed by atoms with van der Waals surface area (Å²) < 4.78 is 1.02. The Labute approximate surface area is 640 Å². The Bertz CT molecular complexity index is 5400. The molecule has 8 heteroatoms. The van der Waals surface area contributed by atoms with Gasteiger partial charge in [-0.2, -0.15) is 0 Å². The molecule has 0 aromatic heterocycles. The molecule has 0 saturated heterocycles. The van der Waals surface area contributed by atoms with E-state index in [0.29, 0.717) is 0 Å². The van der Waals surface area contributed by atoms with Gasteiger partial charge in [0.1, 0.15) is 0 Å². The van der Waals surface area contributed by atoms with Gasteiger partial charge in [-0.1, -0.05) is 305 Å². The Morgan fingerprint density at radius 2 is 0.705 bits per heavy atom. The van der Waals surface area contributed by atoms with Crippen molar-refractivity contribution in [1.82, 2.24) is 0 Å². The third kappa shape index (κ3) is 16.9. The fraction of sp³-hybridized carbons (Fsp3) is 0.113. The lowest BCUT2D eigenvalue weighted by Crippen LogP contribution is -2.17. The molecule has 0 radical (unpaired) electrons. The van der Waals surface area contributed by atoms with E-state index in [2.05, 4.69) is 346 Å². The molecular weight excluding hydrogens is 1390 g/mol. The predicted octanol–water partition coefficient (Wildman–Crippen LogP) is 29.6. The second kappa shape index (κ2) is 33.5. The second-order valence-corrected chi connectivity index (χ2v) is 28.9. The molecule has 2 aliphatic rings. The van der Waals surface area contributed by atoms with Crippen LogP contribution < -0.4 is 26.2 Å². The summed E-state index contributed by atoms with van der Waals surface area (Å²) in [7, 11) is 0. The molecule has 15 aromatic rings. The van der Waals surface area contributed by atoms with Gasteiger partial charge in [0.05, 0.1) is 0 Å². The minimum Gasteiger partial charge on any atom is -0.398 e. The van der Waals surface area contributed by atoms with Crippen molar-refractivity contribution in [2.75, 3.05) is 26.2 Å². The van der Waals surface area contributed by atoms with Crippen molar-refractivity contribution in [1.29, 1.82) is 0 Å². The van der Waals surface area contributed by atoms with Gasteiger partial charge in [0.15, 0.2) is 0 Å². The Morgan fingerprint density at radius 1 is 0.324 bits per heavy atom. The highest BCUT2D eigenvalue weighted by atomic mass is 79.9. The second-order valence-electron chi connectivity index (χ2n) is 27.1. The molecule has 17 rings (SSSR count). The lowest BCUT2D eigenvalue weighted by molar-refractivity contribution is 0.663. The Kier molecular flexibility index (Phi) is 24.0. The molecule has 105 heavy (non-hydrogen) atoms. The van der Waals surface area contributed by atoms with E-state index in [1.807, 2.05) is 84.9 Å². The van der Waals surface area contributed by atoms with Gasteiger partial charge in [0, 0.05) is 87.9 Å². The van der Waals surface area contributed by atoms with E-state index in [4.69, 9.17) is 28.9 Å². The average molecular weight is 1480 g/mol. The molecule has 0 atom stereocenters. The number of nitrogens with one attached hydrogen (secondary N) is 2. The lowest BCUT2D eigenvalue weighted by Gasteiger charge is -2.27. The SMILES string of the molecule is C.C.CC1(C)c2ccc3ccccc3c2-c2cccc(N)c21.Cc1ccc(N(c2ccccc2)c2cccc(Cl)c2)cc1.Cc1ccc(N(c2ccccc2)c2cccc(Nc3cccc4c3C(C)(C)c3ccc5ccccc5c3-4)c2)cc1.Cc1ccc(Nc2ccccc2)cc1.Clc1cccc(Br)c1. The first-order valence-electron chi connectivity index (χ1n) is 34.8. The van der Waals surface area contributed by atoms with Gasteiger partial charge in [-0.25, -0.2) is 0 Å². The van der Waals surface area contributed by atoms with Crippen LogP contribution in [0.5, 0.6) is 0 Å². The number of hydrogen-bond acceptors (Lipinski definition) is 5. The smallest absolute Gasteiger partial charge is 0.0482 e. The number of anilines is 11. The van der Waals surface area contributed by atoms with Gasteiger partial charge in [-0.15, -0.1) is 0 Å². The average Bonchev–Trinajstić information content (AvgIpc) is 1.57. The van der Waals surface area contributed by atoms with Gasteiger partial charge < -0.3 is 26.2 Å². The number of nitrogens with two attached hydrogens (primary N) is 1. The molecule has 524 valence electrons. The van der Waals surface area contributed by atoms with Crippen molar-refractivity contribution >= 4 is 123 Å². The van der Waals surface area contributed by atoms with E-state index >= 15 is 0 Å². The monoisotopic (exact) mass is 1470 g/mol. The molecule has 5 nitrogen and oxygen atoms in total. The highest BCUT2D eigenvalue weighted by molar-refractivity contribution is 9.10. The van der Waals surface area contributed by atoms with Crippen molar-refractivity contribution in [3.8, 4) is 22.3 Å². The summed E-state index contributed by atoms with van der Waals surface area (Å²) in [6.45, 7) is 15.5. The number of aryl methyl sites for hydroxylation is 3. The summed E-state index contributed by atoms with van der Waals surface area (Å²) >= 11 is 15.1. The van der Waals surface area contributed by atoms with E-state index < -0.39 is 0 Å². The van der Waals surface area contributed by atoms with E-state index in [9.17, 15) is 0 Å². The topological polar surface area (TPSA) is 56.6 Å².